The number of fused-ring (bicyclic) bond motifs is 1. The van der Waals surface area contributed by atoms with Gasteiger partial charge in [-0.25, -0.2) is 4.79 Å². The average molecular weight is 194 g/mol. The van der Waals surface area contributed by atoms with Crippen LogP contribution in [0.4, 0.5) is 0 Å². The summed E-state index contributed by atoms with van der Waals surface area (Å²) in [5, 5.41) is 0. The van der Waals surface area contributed by atoms with Gasteiger partial charge in [-0.15, -0.1) is 0 Å². The van der Waals surface area contributed by atoms with Crippen molar-refractivity contribution in [2.45, 2.75) is 32.2 Å². The molecule has 0 aliphatic carbocycles. The Hall–Kier alpha value is -1.32. The quantitative estimate of drug-likeness (QED) is 0.595. The van der Waals surface area contributed by atoms with Crippen LogP contribution in [0.25, 0.3) is 0 Å². The van der Waals surface area contributed by atoms with E-state index >= 15 is 0 Å². The molecule has 0 aromatic carbocycles. The molecule has 4 nitrogen and oxygen atoms in total. The summed E-state index contributed by atoms with van der Waals surface area (Å²) in [6, 6.07) is 1.59. The van der Waals surface area contributed by atoms with Gasteiger partial charge in [0, 0.05) is 25.4 Å². The van der Waals surface area contributed by atoms with Crippen molar-refractivity contribution < 1.29 is 0 Å². The van der Waals surface area contributed by atoms with E-state index in [-0.39, 0.29) is 11.2 Å². The molecule has 2 rings (SSSR count). The Morgan fingerprint density at radius 1 is 1.21 bits per heavy atom. The van der Waals surface area contributed by atoms with Crippen LogP contribution in [0.1, 0.15) is 25.0 Å². The highest BCUT2D eigenvalue weighted by atomic mass is 16.2. The van der Waals surface area contributed by atoms with E-state index in [1.165, 1.54) is 11.6 Å². The summed E-state index contributed by atoms with van der Waals surface area (Å²) < 4.78 is 2.91. The lowest BCUT2D eigenvalue weighted by molar-refractivity contribution is 0.570. The molecule has 0 radical (unpaired) electrons. The largest absolute Gasteiger partial charge is 0.330 e. The molecule has 2 heterocycles. The van der Waals surface area contributed by atoms with Crippen molar-refractivity contribution in [3.8, 4) is 0 Å². The Kier molecular flexibility index (Phi) is 2.27. The third-order valence-corrected chi connectivity index (χ3v) is 2.80. The zero-order valence-corrected chi connectivity index (χ0v) is 8.32. The molecule has 14 heavy (non-hydrogen) atoms. The van der Waals surface area contributed by atoms with Crippen LogP contribution >= 0.6 is 0 Å². The molecule has 0 atom stereocenters. The Labute approximate surface area is 81.8 Å². The molecule has 0 unspecified atom stereocenters. The smallest absolute Gasteiger partial charge is 0.298 e. The van der Waals surface area contributed by atoms with Gasteiger partial charge in [0.05, 0.1) is 0 Å². The van der Waals surface area contributed by atoms with E-state index in [0.29, 0.717) is 0 Å². The molecule has 1 aliphatic rings. The number of nitrogens with zero attached hydrogens (tertiary/aromatic N) is 2. The molecule has 76 valence electrons. The van der Waals surface area contributed by atoms with Gasteiger partial charge in [0.15, 0.2) is 0 Å². The fourth-order valence-corrected chi connectivity index (χ4v) is 1.91. The molecule has 0 saturated heterocycles. The van der Waals surface area contributed by atoms with Crippen molar-refractivity contribution in [3.63, 3.8) is 0 Å². The monoisotopic (exact) mass is 194 g/mol. The van der Waals surface area contributed by atoms with Gasteiger partial charge in [0.25, 0.3) is 5.56 Å². The molecule has 0 saturated carbocycles. The van der Waals surface area contributed by atoms with Gasteiger partial charge in [-0.2, -0.15) is 0 Å². The van der Waals surface area contributed by atoms with Gasteiger partial charge in [0.1, 0.15) is 0 Å². The molecular weight excluding hydrogens is 180 g/mol. The normalized spacial score (nSPS) is 16.1. The van der Waals surface area contributed by atoms with Crippen LogP contribution < -0.4 is 11.2 Å². The van der Waals surface area contributed by atoms with Gasteiger partial charge in [-0.05, 0) is 19.3 Å². The summed E-state index contributed by atoms with van der Waals surface area (Å²) in [4.78, 5) is 23.1. The summed E-state index contributed by atoms with van der Waals surface area (Å²) in [6.07, 6.45) is 4.10. The van der Waals surface area contributed by atoms with Gasteiger partial charge in [-0.1, -0.05) is 6.42 Å². The predicted octanol–water partition coefficient (Wildman–Crippen LogP) is 0.273. The maximum Gasteiger partial charge on any atom is 0.330 e. The van der Waals surface area contributed by atoms with Crippen LogP contribution in [-0.2, 0) is 20.0 Å². The maximum absolute atomic E-state index is 11.7. The zero-order chi connectivity index (χ0) is 10.1. The molecule has 0 fully saturated rings. The first-order chi connectivity index (χ1) is 6.70. The van der Waals surface area contributed by atoms with Crippen molar-refractivity contribution in [2.75, 3.05) is 0 Å². The van der Waals surface area contributed by atoms with Crippen LogP contribution in [0.2, 0.25) is 0 Å². The van der Waals surface area contributed by atoms with Gasteiger partial charge < -0.3 is 0 Å². The summed E-state index contributed by atoms with van der Waals surface area (Å²) in [6.45, 7) is 0.752. The Morgan fingerprint density at radius 3 is 2.79 bits per heavy atom. The lowest BCUT2D eigenvalue weighted by Gasteiger charge is -2.09. The molecular formula is C10H14N2O2. The lowest BCUT2D eigenvalue weighted by Crippen LogP contribution is -2.38. The van der Waals surface area contributed by atoms with Crippen molar-refractivity contribution in [3.05, 3.63) is 32.6 Å². The summed E-state index contributed by atoms with van der Waals surface area (Å²) in [7, 11) is 1.53. The van der Waals surface area contributed by atoms with Crippen LogP contribution in [0.5, 0.6) is 0 Å². The van der Waals surface area contributed by atoms with E-state index in [0.717, 1.165) is 37.9 Å². The van der Waals surface area contributed by atoms with Crippen molar-refractivity contribution in [1.82, 2.24) is 9.13 Å². The highest BCUT2D eigenvalue weighted by molar-refractivity contribution is 5.03. The SMILES string of the molecule is Cn1c(=O)cc2n(c1=O)CCCCC2. The number of aromatic nitrogens is 2. The first-order valence-corrected chi connectivity index (χ1v) is 5.00. The number of hydrogen-bond acceptors (Lipinski definition) is 2. The van der Waals surface area contributed by atoms with Crippen molar-refractivity contribution in [2.24, 2.45) is 7.05 Å². The molecule has 0 bridgehead atoms. The third kappa shape index (κ3) is 1.41. The van der Waals surface area contributed by atoms with E-state index in [9.17, 15) is 9.59 Å². The van der Waals surface area contributed by atoms with E-state index in [1.807, 2.05) is 0 Å². The third-order valence-electron chi connectivity index (χ3n) is 2.80. The number of hydrogen-bond donors (Lipinski definition) is 0. The number of rotatable bonds is 0. The zero-order valence-electron chi connectivity index (χ0n) is 8.32. The summed E-state index contributed by atoms with van der Waals surface area (Å²) in [5.74, 6) is 0. The minimum atomic E-state index is -0.192. The second-order valence-corrected chi connectivity index (χ2v) is 3.78. The minimum Gasteiger partial charge on any atom is -0.298 e. The Bertz CT molecular complexity index is 456. The lowest BCUT2D eigenvalue weighted by atomic mass is 10.2. The van der Waals surface area contributed by atoms with Crippen molar-refractivity contribution in [1.29, 1.82) is 0 Å². The molecule has 0 amide bonds. The molecule has 1 aromatic rings. The molecule has 4 heteroatoms. The standard InChI is InChI=1S/C10H14N2O2/c1-11-9(13)7-8-5-3-2-4-6-12(8)10(11)14/h7H,2-6H2,1H3. The highest BCUT2D eigenvalue weighted by Gasteiger charge is 2.11. The molecule has 0 N–H and O–H groups in total. The van der Waals surface area contributed by atoms with Crippen LogP contribution in [-0.4, -0.2) is 9.13 Å². The molecule has 0 spiro atoms. The highest BCUT2D eigenvalue weighted by Crippen LogP contribution is 2.10. The summed E-state index contributed by atoms with van der Waals surface area (Å²) in [5.41, 5.74) is 0.535. The van der Waals surface area contributed by atoms with E-state index < -0.39 is 0 Å². The summed E-state index contributed by atoms with van der Waals surface area (Å²) >= 11 is 0. The second-order valence-electron chi connectivity index (χ2n) is 3.78. The number of aryl methyl sites for hydroxylation is 1. The first-order valence-electron chi connectivity index (χ1n) is 5.00. The van der Waals surface area contributed by atoms with Crippen molar-refractivity contribution >= 4 is 0 Å². The van der Waals surface area contributed by atoms with E-state index in [4.69, 9.17) is 0 Å². The topological polar surface area (TPSA) is 44.0 Å². The van der Waals surface area contributed by atoms with Gasteiger partial charge in [-0.3, -0.25) is 13.9 Å². The fraction of sp³-hybridized carbons (Fsp3) is 0.600. The Balaban J connectivity index is 2.67. The molecule has 1 aromatic heterocycles. The first kappa shape index (κ1) is 9.24. The van der Waals surface area contributed by atoms with Crippen LogP contribution in [0.15, 0.2) is 15.7 Å². The second kappa shape index (κ2) is 3.44. The fourth-order valence-electron chi connectivity index (χ4n) is 1.91. The Morgan fingerprint density at radius 2 is 2.00 bits per heavy atom. The predicted molar refractivity (Wildman–Crippen MR) is 53.5 cm³/mol. The average Bonchev–Trinajstić information content (AvgIpc) is 2.39. The van der Waals surface area contributed by atoms with Gasteiger partial charge in [0.2, 0.25) is 0 Å². The van der Waals surface area contributed by atoms with E-state index in [1.54, 1.807) is 10.6 Å². The van der Waals surface area contributed by atoms with E-state index in [2.05, 4.69) is 0 Å². The minimum absolute atomic E-state index is 0.172. The molecule has 1 aliphatic heterocycles. The maximum atomic E-state index is 11.7. The van der Waals surface area contributed by atoms with Crippen LogP contribution in [0, 0.1) is 0 Å². The van der Waals surface area contributed by atoms with Gasteiger partial charge >= 0.3 is 5.69 Å². The van der Waals surface area contributed by atoms with Crippen LogP contribution in [0.3, 0.4) is 0 Å².